The standard InChI is InChI=1S/C10H12N2O2S/c11-10(13)14-7-5-12-8-3-1-2-4-9(8)15-6-7/h1-6H,15H4,(H2,11,13). The summed E-state index contributed by atoms with van der Waals surface area (Å²) in [6.07, 6.45) is 0.733. The molecule has 2 rings (SSSR count). The van der Waals surface area contributed by atoms with Gasteiger partial charge in [-0.15, -0.1) is 0 Å². The lowest BCUT2D eigenvalue weighted by molar-refractivity contribution is 0.192. The maximum absolute atomic E-state index is 10.6. The van der Waals surface area contributed by atoms with Crippen LogP contribution in [-0.4, -0.2) is 12.3 Å². The van der Waals surface area contributed by atoms with E-state index in [1.54, 1.807) is 0 Å². The van der Waals surface area contributed by atoms with E-state index in [0.29, 0.717) is 5.76 Å². The zero-order valence-corrected chi connectivity index (χ0v) is 9.43. The number of carbonyl (C=O) groups is 1. The molecular formula is C10H12N2O2S. The van der Waals surface area contributed by atoms with Gasteiger partial charge in [-0.2, -0.15) is 0 Å². The third kappa shape index (κ3) is 2.38. The molecule has 2 N–H and O–H groups in total. The van der Waals surface area contributed by atoms with Crippen molar-refractivity contribution in [2.75, 3.05) is 0 Å². The minimum Gasteiger partial charge on any atom is -0.408 e. The molecule has 0 radical (unpaired) electrons. The molecule has 4 nitrogen and oxygen atoms in total. The minimum atomic E-state index is -0.798. The first-order valence-corrected chi connectivity index (χ1v) is 6.07. The van der Waals surface area contributed by atoms with Crippen molar-refractivity contribution in [1.82, 2.24) is 0 Å². The van der Waals surface area contributed by atoms with Crippen molar-refractivity contribution in [3.8, 4) is 0 Å². The van der Waals surface area contributed by atoms with E-state index in [9.17, 15) is 4.79 Å². The molecule has 0 bridgehead atoms. The normalized spacial score (nSPS) is 14.3. The molecule has 0 saturated carbocycles. The van der Waals surface area contributed by atoms with Gasteiger partial charge in [-0.25, -0.2) is 4.79 Å². The average Bonchev–Trinajstić information content (AvgIpc) is 2.41. The summed E-state index contributed by atoms with van der Waals surface area (Å²) < 4.78 is 4.79. The summed E-state index contributed by atoms with van der Waals surface area (Å²) in [5.41, 5.74) is 5.88. The number of benzene rings is 1. The van der Waals surface area contributed by atoms with Crippen molar-refractivity contribution >= 4 is 29.8 Å². The number of nitrogens with zero attached hydrogens (tertiary/aromatic N) is 1. The maximum Gasteiger partial charge on any atom is 0.410 e. The van der Waals surface area contributed by atoms with E-state index in [4.69, 9.17) is 10.5 Å². The van der Waals surface area contributed by atoms with E-state index in [1.807, 2.05) is 29.7 Å². The molecule has 1 aliphatic heterocycles. The van der Waals surface area contributed by atoms with E-state index >= 15 is 0 Å². The van der Waals surface area contributed by atoms with Crippen LogP contribution in [0.2, 0.25) is 0 Å². The van der Waals surface area contributed by atoms with Crippen molar-refractivity contribution in [2.45, 2.75) is 4.90 Å². The van der Waals surface area contributed by atoms with Crippen LogP contribution < -0.4 is 5.73 Å². The summed E-state index contributed by atoms with van der Waals surface area (Å²) in [7, 11) is 0. The second-order valence-corrected chi connectivity index (χ2v) is 4.70. The molecule has 1 heterocycles. The van der Waals surface area contributed by atoms with Crippen molar-refractivity contribution in [3.63, 3.8) is 0 Å². The van der Waals surface area contributed by atoms with E-state index in [-0.39, 0.29) is 0 Å². The van der Waals surface area contributed by atoms with Gasteiger partial charge >= 0.3 is 6.09 Å². The van der Waals surface area contributed by atoms with Crippen molar-refractivity contribution in [2.24, 2.45) is 10.7 Å². The number of hydrogen-bond acceptors (Lipinski definition) is 3. The van der Waals surface area contributed by atoms with Gasteiger partial charge in [0.05, 0.1) is 11.9 Å². The average molecular weight is 224 g/mol. The SMILES string of the molecule is NC(=O)OC1=C[SH4]c2ccccc2N=C1. The number of aliphatic imine (C=N–C) groups is 1. The Labute approximate surface area is 90.8 Å². The lowest BCUT2D eigenvalue weighted by Crippen LogP contribution is -2.12. The molecule has 0 spiro atoms. The summed E-state index contributed by atoms with van der Waals surface area (Å²) in [5, 5.41) is 1.92. The maximum atomic E-state index is 10.6. The summed E-state index contributed by atoms with van der Waals surface area (Å²) >= 11 is -0.588. The van der Waals surface area contributed by atoms with E-state index in [1.165, 1.54) is 11.1 Å². The number of nitrogens with two attached hydrogens (primary N) is 1. The topological polar surface area (TPSA) is 64.7 Å². The smallest absolute Gasteiger partial charge is 0.408 e. The Bertz CT molecular complexity index is 454. The fourth-order valence-corrected chi connectivity index (χ4v) is 2.69. The highest BCUT2D eigenvalue weighted by molar-refractivity contribution is 8.02. The van der Waals surface area contributed by atoms with Gasteiger partial charge in [-0.3, -0.25) is 16.8 Å². The van der Waals surface area contributed by atoms with Gasteiger partial charge in [0.2, 0.25) is 0 Å². The molecule has 1 amide bonds. The third-order valence-corrected chi connectivity index (χ3v) is 3.71. The Morgan fingerprint density at radius 3 is 3.00 bits per heavy atom. The third-order valence-electron chi connectivity index (χ3n) is 2.06. The molecule has 0 aromatic heterocycles. The lowest BCUT2D eigenvalue weighted by Gasteiger charge is -2.02. The van der Waals surface area contributed by atoms with Crippen LogP contribution in [0.15, 0.2) is 45.3 Å². The van der Waals surface area contributed by atoms with Gasteiger partial charge in [-0.05, 0) is 22.4 Å². The molecular weight excluding hydrogens is 212 g/mol. The van der Waals surface area contributed by atoms with Crippen molar-refractivity contribution in [3.05, 3.63) is 35.4 Å². The lowest BCUT2D eigenvalue weighted by atomic mass is 10.3. The van der Waals surface area contributed by atoms with Crippen LogP contribution in [0.4, 0.5) is 10.5 Å². The molecule has 0 unspecified atom stereocenters. The molecule has 1 aliphatic rings. The zero-order chi connectivity index (χ0) is 10.7. The molecule has 80 valence electrons. The molecule has 0 atom stereocenters. The molecule has 5 heteroatoms. The van der Waals surface area contributed by atoms with Crippen LogP contribution in [0.1, 0.15) is 0 Å². The first-order chi connectivity index (χ1) is 7.25. The van der Waals surface area contributed by atoms with Crippen LogP contribution >= 0.6 is 11.8 Å². The Balaban J connectivity index is 2.25. The molecule has 0 saturated heterocycles. The van der Waals surface area contributed by atoms with Crippen LogP contribution in [0.3, 0.4) is 0 Å². The second-order valence-electron chi connectivity index (χ2n) is 3.12. The molecule has 1 aromatic rings. The number of carbonyl (C=O) groups excluding carboxylic acids is 1. The molecule has 15 heavy (non-hydrogen) atoms. The monoisotopic (exact) mass is 224 g/mol. The summed E-state index contributed by atoms with van der Waals surface area (Å²) in [6, 6.07) is 7.90. The number of rotatable bonds is 1. The van der Waals surface area contributed by atoms with E-state index in [2.05, 4.69) is 4.99 Å². The number of primary amides is 1. The Morgan fingerprint density at radius 2 is 2.20 bits per heavy atom. The predicted molar refractivity (Wildman–Crippen MR) is 64.8 cm³/mol. The minimum absolute atomic E-state index is 0.449. The van der Waals surface area contributed by atoms with E-state index in [0.717, 1.165) is 5.69 Å². The van der Waals surface area contributed by atoms with Gasteiger partial charge in [0.15, 0.2) is 5.76 Å². The highest BCUT2D eigenvalue weighted by atomic mass is 32.2. The molecule has 0 fully saturated rings. The van der Waals surface area contributed by atoms with Crippen LogP contribution in [-0.2, 0) is 4.74 Å². The summed E-state index contributed by atoms with van der Waals surface area (Å²) in [5.74, 6) is 0.449. The summed E-state index contributed by atoms with van der Waals surface area (Å²) in [4.78, 5) is 16.0. The van der Waals surface area contributed by atoms with Crippen molar-refractivity contribution < 1.29 is 9.53 Å². The van der Waals surface area contributed by atoms with Gasteiger partial charge < -0.3 is 10.5 Å². The molecule has 0 aliphatic carbocycles. The van der Waals surface area contributed by atoms with Crippen molar-refractivity contribution in [1.29, 1.82) is 0 Å². The highest BCUT2D eigenvalue weighted by Crippen LogP contribution is 2.32. The second kappa shape index (κ2) is 4.18. The molecule has 1 aromatic carbocycles. The van der Waals surface area contributed by atoms with Gasteiger partial charge in [0.1, 0.15) is 0 Å². The first kappa shape index (κ1) is 9.79. The number of amides is 1. The van der Waals surface area contributed by atoms with Gasteiger partial charge in [0, 0.05) is 0 Å². The van der Waals surface area contributed by atoms with Crippen LogP contribution in [0.25, 0.3) is 0 Å². The van der Waals surface area contributed by atoms with Gasteiger partial charge in [0.25, 0.3) is 0 Å². The quantitative estimate of drug-likeness (QED) is 0.782. The number of allylic oxidation sites excluding steroid dienone is 1. The summed E-state index contributed by atoms with van der Waals surface area (Å²) in [6.45, 7) is 0. The Kier molecular flexibility index (Phi) is 2.73. The number of para-hydroxylation sites is 1. The fourth-order valence-electron chi connectivity index (χ4n) is 1.39. The first-order valence-electron chi connectivity index (χ1n) is 4.55. The Morgan fingerprint density at radius 1 is 1.40 bits per heavy atom. The number of ether oxygens (including phenoxy) is 1. The van der Waals surface area contributed by atoms with Crippen LogP contribution in [0.5, 0.6) is 0 Å². The van der Waals surface area contributed by atoms with Crippen LogP contribution in [0, 0.1) is 0 Å². The van der Waals surface area contributed by atoms with Gasteiger partial charge in [-0.1, -0.05) is 12.1 Å². The predicted octanol–water partition coefficient (Wildman–Crippen LogP) is 1.36. The fraction of sp³-hybridized carbons (Fsp3) is 0. The highest BCUT2D eigenvalue weighted by Gasteiger charge is 2.04. The number of fused-ring (bicyclic) bond motifs is 1. The Hall–Kier alpha value is -1.75. The zero-order valence-electron chi connectivity index (χ0n) is 8.01. The number of hydrogen-bond donors (Lipinski definition) is 1. The van der Waals surface area contributed by atoms with E-state index < -0.39 is 17.9 Å². The largest absolute Gasteiger partial charge is 0.410 e.